The van der Waals surface area contributed by atoms with Crippen LogP contribution in [0.15, 0.2) is 109 Å². The Morgan fingerprint density at radius 3 is 1.64 bits per heavy atom. The van der Waals surface area contributed by atoms with E-state index in [1.54, 1.807) is 0 Å². The fourth-order valence-electron chi connectivity index (χ4n) is 5.43. The van der Waals surface area contributed by atoms with Gasteiger partial charge < -0.3 is 9.13 Å². The molecule has 0 N–H and O–H groups in total. The smallest absolute Gasteiger partial charge is 0.188 e. The zero-order valence-electron chi connectivity index (χ0n) is 19.2. The number of rotatable bonds is 2. The van der Waals surface area contributed by atoms with E-state index in [-0.39, 0.29) is 0 Å². The molecule has 0 aliphatic carbocycles. The standard InChI is InChI=1S/C32H18N4/c1-34-22-15-17-30-26(19-22)24-9-3-5-11-28(24)36(30)32-13-7-6-12-31(32)35-27-10-4-2-8-23(27)25-18-21(20-33)14-16-29(25)35/h2-19H. The lowest BCUT2D eigenvalue weighted by Crippen LogP contribution is -2.03. The summed E-state index contributed by atoms with van der Waals surface area (Å²) >= 11 is 0. The molecule has 166 valence electrons. The fourth-order valence-corrected chi connectivity index (χ4v) is 5.43. The Labute approximate surface area is 207 Å². The first-order valence-electron chi connectivity index (χ1n) is 11.7. The second-order valence-corrected chi connectivity index (χ2v) is 8.85. The Balaban J connectivity index is 1.63. The Morgan fingerprint density at radius 1 is 0.556 bits per heavy atom. The molecular weight excluding hydrogens is 440 g/mol. The van der Waals surface area contributed by atoms with E-state index in [0.29, 0.717) is 11.3 Å². The molecule has 0 aliphatic rings. The van der Waals surface area contributed by atoms with Crippen LogP contribution in [0, 0.1) is 17.9 Å². The van der Waals surface area contributed by atoms with Crippen LogP contribution in [0.25, 0.3) is 59.8 Å². The van der Waals surface area contributed by atoms with Crippen molar-refractivity contribution in [3.8, 4) is 17.4 Å². The highest BCUT2D eigenvalue weighted by Gasteiger charge is 2.19. The average molecular weight is 459 g/mol. The lowest BCUT2D eigenvalue weighted by molar-refractivity contribution is 1.09. The average Bonchev–Trinajstić information content (AvgIpc) is 3.45. The van der Waals surface area contributed by atoms with Crippen LogP contribution in [0.2, 0.25) is 0 Å². The molecular formula is C32H18N4. The summed E-state index contributed by atoms with van der Waals surface area (Å²) in [7, 11) is 0. The molecule has 0 aliphatic heterocycles. The van der Waals surface area contributed by atoms with Crippen molar-refractivity contribution in [3.05, 3.63) is 126 Å². The molecule has 7 rings (SSSR count). The molecule has 0 fully saturated rings. The quantitative estimate of drug-likeness (QED) is 0.240. The van der Waals surface area contributed by atoms with Crippen molar-refractivity contribution in [2.45, 2.75) is 0 Å². The minimum Gasteiger partial charge on any atom is -0.307 e. The number of aromatic nitrogens is 2. The van der Waals surface area contributed by atoms with Crippen LogP contribution in [0.3, 0.4) is 0 Å². The second-order valence-electron chi connectivity index (χ2n) is 8.85. The van der Waals surface area contributed by atoms with Gasteiger partial charge >= 0.3 is 0 Å². The summed E-state index contributed by atoms with van der Waals surface area (Å²) in [4.78, 5) is 3.66. The zero-order valence-corrected chi connectivity index (χ0v) is 19.2. The number of hydrogen-bond acceptors (Lipinski definition) is 1. The van der Waals surface area contributed by atoms with Gasteiger partial charge in [-0.15, -0.1) is 0 Å². The molecule has 2 aromatic heterocycles. The molecule has 0 spiro atoms. The van der Waals surface area contributed by atoms with Crippen LogP contribution in [-0.2, 0) is 0 Å². The molecule has 7 aromatic rings. The van der Waals surface area contributed by atoms with Gasteiger partial charge in [-0.05, 0) is 60.0 Å². The summed E-state index contributed by atoms with van der Waals surface area (Å²) in [6.45, 7) is 7.50. The highest BCUT2D eigenvalue weighted by molar-refractivity contribution is 6.12. The van der Waals surface area contributed by atoms with Crippen LogP contribution in [0.1, 0.15) is 5.56 Å². The Hall–Kier alpha value is -5.32. The first kappa shape index (κ1) is 20.1. The van der Waals surface area contributed by atoms with Crippen molar-refractivity contribution in [1.29, 1.82) is 5.26 Å². The maximum Gasteiger partial charge on any atom is 0.188 e. The topological polar surface area (TPSA) is 38.0 Å². The van der Waals surface area contributed by atoms with Gasteiger partial charge in [-0.25, -0.2) is 4.85 Å². The normalized spacial score (nSPS) is 11.3. The lowest BCUT2D eigenvalue weighted by Gasteiger charge is -2.16. The minimum atomic E-state index is 0.634. The third kappa shape index (κ3) is 2.73. The fraction of sp³-hybridized carbons (Fsp3) is 0. The van der Waals surface area contributed by atoms with Gasteiger partial charge in [0.25, 0.3) is 0 Å². The third-order valence-corrected chi connectivity index (χ3v) is 6.95. The predicted molar refractivity (Wildman–Crippen MR) is 146 cm³/mol. The van der Waals surface area contributed by atoms with E-state index in [9.17, 15) is 5.26 Å². The molecule has 4 nitrogen and oxygen atoms in total. The van der Waals surface area contributed by atoms with Gasteiger partial charge in [0.1, 0.15) is 0 Å². The third-order valence-electron chi connectivity index (χ3n) is 6.95. The first-order chi connectivity index (χ1) is 17.8. The van der Waals surface area contributed by atoms with Gasteiger partial charge in [-0.2, -0.15) is 5.26 Å². The Bertz CT molecular complexity index is 1930. The minimum absolute atomic E-state index is 0.634. The van der Waals surface area contributed by atoms with Crippen LogP contribution >= 0.6 is 0 Å². The maximum absolute atomic E-state index is 9.52. The molecule has 5 aromatic carbocycles. The van der Waals surface area contributed by atoms with Gasteiger partial charge in [-0.1, -0.05) is 54.6 Å². The highest BCUT2D eigenvalue weighted by Crippen LogP contribution is 2.38. The van der Waals surface area contributed by atoms with Gasteiger partial charge in [-0.3, -0.25) is 0 Å². The van der Waals surface area contributed by atoms with E-state index in [1.807, 2.05) is 48.5 Å². The molecule has 0 saturated carbocycles. The van der Waals surface area contributed by atoms with Crippen molar-refractivity contribution in [1.82, 2.24) is 9.13 Å². The van der Waals surface area contributed by atoms with E-state index >= 15 is 0 Å². The molecule has 36 heavy (non-hydrogen) atoms. The molecule has 0 amide bonds. The largest absolute Gasteiger partial charge is 0.307 e. The summed E-state index contributed by atoms with van der Waals surface area (Å²) in [6.07, 6.45) is 0. The summed E-state index contributed by atoms with van der Waals surface area (Å²) < 4.78 is 4.58. The van der Waals surface area contributed by atoms with Crippen LogP contribution in [-0.4, -0.2) is 9.13 Å². The maximum atomic E-state index is 9.52. The SMILES string of the molecule is [C-]#[N+]c1ccc2c(c1)c1ccccc1n2-c1ccccc1-n1c2ccccc2c2cc(C#N)ccc21. The summed E-state index contributed by atoms with van der Waals surface area (Å²) in [6, 6.07) is 39.2. The van der Waals surface area contributed by atoms with Crippen molar-refractivity contribution in [2.24, 2.45) is 0 Å². The van der Waals surface area contributed by atoms with Gasteiger partial charge in [0.05, 0.1) is 51.6 Å². The van der Waals surface area contributed by atoms with Crippen molar-refractivity contribution in [3.63, 3.8) is 0 Å². The van der Waals surface area contributed by atoms with E-state index in [1.165, 1.54) is 0 Å². The predicted octanol–water partition coefficient (Wildman–Crippen LogP) is 8.30. The molecule has 4 heteroatoms. The van der Waals surface area contributed by atoms with E-state index in [2.05, 4.69) is 80.7 Å². The van der Waals surface area contributed by atoms with Crippen LogP contribution in [0.5, 0.6) is 0 Å². The van der Waals surface area contributed by atoms with Gasteiger partial charge in [0, 0.05) is 16.2 Å². The summed E-state index contributed by atoms with van der Waals surface area (Å²) in [5.41, 5.74) is 7.67. The number of hydrogen-bond donors (Lipinski definition) is 0. The monoisotopic (exact) mass is 458 g/mol. The summed E-state index contributed by atoms with van der Waals surface area (Å²) in [5.74, 6) is 0. The molecule has 0 radical (unpaired) electrons. The van der Waals surface area contributed by atoms with E-state index < -0.39 is 0 Å². The lowest BCUT2D eigenvalue weighted by atomic mass is 10.1. The number of benzene rings is 5. The van der Waals surface area contributed by atoms with Gasteiger partial charge in [0.15, 0.2) is 5.69 Å². The highest BCUT2D eigenvalue weighted by atomic mass is 15.1. The van der Waals surface area contributed by atoms with Crippen molar-refractivity contribution >= 4 is 49.3 Å². The number of nitrogens with zero attached hydrogens (tertiary/aromatic N) is 4. The van der Waals surface area contributed by atoms with Crippen molar-refractivity contribution < 1.29 is 0 Å². The molecule has 0 saturated heterocycles. The Morgan fingerprint density at radius 2 is 1.06 bits per heavy atom. The molecule has 0 unspecified atom stereocenters. The number of fused-ring (bicyclic) bond motifs is 6. The van der Waals surface area contributed by atoms with Gasteiger partial charge in [0.2, 0.25) is 0 Å². The van der Waals surface area contributed by atoms with Crippen molar-refractivity contribution in [2.75, 3.05) is 0 Å². The second kappa shape index (κ2) is 7.60. The molecule has 0 bridgehead atoms. The van der Waals surface area contributed by atoms with E-state index in [0.717, 1.165) is 55.0 Å². The van der Waals surface area contributed by atoms with Crippen LogP contribution < -0.4 is 0 Å². The summed E-state index contributed by atoms with van der Waals surface area (Å²) in [5, 5.41) is 13.9. The first-order valence-corrected chi connectivity index (χ1v) is 11.7. The Kier molecular flexibility index (Phi) is 4.24. The zero-order chi connectivity index (χ0) is 24.2. The van der Waals surface area contributed by atoms with Crippen LogP contribution in [0.4, 0.5) is 5.69 Å². The number of para-hydroxylation sites is 4. The molecule has 0 atom stereocenters. The molecule has 2 heterocycles. The number of nitriles is 1. The van der Waals surface area contributed by atoms with E-state index in [4.69, 9.17) is 6.57 Å².